The normalized spacial score (nSPS) is 10.7. The highest BCUT2D eigenvalue weighted by Crippen LogP contribution is 2.24. The molecule has 0 aliphatic carbocycles. The van der Waals surface area contributed by atoms with Crippen molar-refractivity contribution in [1.29, 1.82) is 0 Å². The topological polar surface area (TPSA) is 102 Å². The lowest BCUT2D eigenvalue weighted by atomic mass is 10.1. The molecule has 0 atom stereocenters. The van der Waals surface area contributed by atoms with E-state index in [1.165, 1.54) is 18.3 Å². The molecule has 3 rings (SSSR count). The number of aryl methyl sites for hydroxylation is 1. The van der Waals surface area contributed by atoms with Gasteiger partial charge in [-0.2, -0.15) is 4.98 Å². The highest BCUT2D eigenvalue weighted by Gasteiger charge is 2.15. The van der Waals surface area contributed by atoms with Crippen molar-refractivity contribution in [2.45, 2.75) is 6.92 Å². The van der Waals surface area contributed by atoms with Gasteiger partial charge in [0, 0.05) is 5.56 Å². The van der Waals surface area contributed by atoms with Gasteiger partial charge in [0.15, 0.2) is 0 Å². The SMILES string of the molecule is Cc1oncc1-c1nc(-c2ccc(C(=O)O)cc2)no1. The van der Waals surface area contributed by atoms with E-state index in [1.54, 1.807) is 19.1 Å². The number of aromatic carboxylic acids is 1. The Morgan fingerprint density at radius 1 is 1.20 bits per heavy atom. The summed E-state index contributed by atoms with van der Waals surface area (Å²) in [7, 11) is 0. The number of carboxylic acids is 1. The first-order valence-electron chi connectivity index (χ1n) is 5.74. The van der Waals surface area contributed by atoms with Crippen molar-refractivity contribution >= 4 is 5.97 Å². The van der Waals surface area contributed by atoms with Crippen LogP contribution in [0.15, 0.2) is 39.5 Å². The molecule has 100 valence electrons. The Kier molecular flexibility index (Phi) is 2.79. The predicted octanol–water partition coefficient (Wildman–Crippen LogP) is 2.40. The smallest absolute Gasteiger partial charge is 0.335 e. The van der Waals surface area contributed by atoms with Crippen LogP contribution >= 0.6 is 0 Å². The molecule has 0 bridgehead atoms. The van der Waals surface area contributed by atoms with Gasteiger partial charge < -0.3 is 14.2 Å². The fourth-order valence-corrected chi connectivity index (χ4v) is 1.72. The number of rotatable bonds is 3. The fraction of sp³-hybridized carbons (Fsp3) is 0.0769. The highest BCUT2D eigenvalue weighted by molar-refractivity contribution is 5.88. The Labute approximate surface area is 112 Å². The number of aromatic nitrogens is 3. The van der Waals surface area contributed by atoms with E-state index in [-0.39, 0.29) is 5.56 Å². The minimum Gasteiger partial charge on any atom is -0.478 e. The van der Waals surface area contributed by atoms with Gasteiger partial charge in [0.05, 0.1) is 11.8 Å². The first-order valence-corrected chi connectivity index (χ1v) is 5.74. The van der Waals surface area contributed by atoms with Crippen LogP contribution in [0.3, 0.4) is 0 Å². The molecule has 0 unspecified atom stereocenters. The first-order chi connectivity index (χ1) is 9.65. The van der Waals surface area contributed by atoms with E-state index in [0.29, 0.717) is 28.6 Å². The number of hydrogen-bond acceptors (Lipinski definition) is 6. The molecule has 0 amide bonds. The summed E-state index contributed by atoms with van der Waals surface area (Å²) in [5.74, 6) is 0.283. The summed E-state index contributed by atoms with van der Waals surface area (Å²) in [6, 6.07) is 6.22. The van der Waals surface area contributed by atoms with Crippen molar-refractivity contribution in [3.05, 3.63) is 41.8 Å². The Balaban J connectivity index is 1.94. The molecule has 0 radical (unpaired) electrons. The van der Waals surface area contributed by atoms with Crippen LogP contribution in [0.4, 0.5) is 0 Å². The summed E-state index contributed by atoms with van der Waals surface area (Å²) in [4.78, 5) is 15.0. The van der Waals surface area contributed by atoms with Crippen molar-refractivity contribution in [2.24, 2.45) is 0 Å². The van der Waals surface area contributed by atoms with Gasteiger partial charge in [-0.3, -0.25) is 0 Å². The van der Waals surface area contributed by atoms with Crippen LogP contribution < -0.4 is 0 Å². The molecular weight excluding hydrogens is 262 g/mol. The molecular formula is C13H9N3O4. The fourth-order valence-electron chi connectivity index (χ4n) is 1.72. The van der Waals surface area contributed by atoms with E-state index in [9.17, 15) is 4.79 Å². The van der Waals surface area contributed by atoms with Gasteiger partial charge in [0.25, 0.3) is 5.89 Å². The van der Waals surface area contributed by atoms with Crippen molar-refractivity contribution in [2.75, 3.05) is 0 Å². The van der Waals surface area contributed by atoms with Gasteiger partial charge in [-0.05, 0) is 19.1 Å². The van der Waals surface area contributed by atoms with Crippen molar-refractivity contribution in [1.82, 2.24) is 15.3 Å². The lowest BCUT2D eigenvalue weighted by Gasteiger charge is -1.95. The van der Waals surface area contributed by atoms with Gasteiger partial charge in [0.1, 0.15) is 11.3 Å². The number of carboxylic acid groups (broad SMARTS) is 1. The van der Waals surface area contributed by atoms with Crippen molar-refractivity contribution in [3.63, 3.8) is 0 Å². The monoisotopic (exact) mass is 271 g/mol. The third kappa shape index (κ3) is 2.05. The number of hydrogen-bond donors (Lipinski definition) is 1. The molecule has 1 aromatic carbocycles. The second-order valence-electron chi connectivity index (χ2n) is 4.10. The number of nitrogens with zero attached hydrogens (tertiary/aromatic N) is 3. The Bertz CT molecular complexity index is 758. The first kappa shape index (κ1) is 12.1. The molecule has 0 fully saturated rings. The summed E-state index contributed by atoms with van der Waals surface area (Å²) in [5.41, 5.74) is 1.50. The van der Waals surface area contributed by atoms with E-state index in [0.717, 1.165) is 0 Å². The molecule has 1 N–H and O–H groups in total. The lowest BCUT2D eigenvalue weighted by Crippen LogP contribution is -1.95. The van der Waals surface area contributed by atoms with E-state index >= 15 is 0 Å². The van der Waals surface area contributed by atoms with E-state index in [1.807, 2.05) is 0 Å². The zero-order valence-corrected chi connectivity index (χ0v) is 10.4. The average Bonchev–Trinajstić information content (AvgIpc) is 3.07. The predicted molar refractivity (Wildman–Crippen MR) is 66.9 cm³/mol. The molecule has 0 saturated heterocycles. The van der Waals surface area contributed by atoms with Crippen LogP contribution in [-0.2, 0) is 0 Å². The van der Waals surface area contributed by atoms with Crippen LogP contribution in [0.2, 0.25) is 0 Å². The molecule has 3 aromatic rings. The van der Waals surface area contributed by atoms with E-state index in [4.69, 9.17) is 14.2 Å². The largest absolute Gasteiger partial charge is 0.478 e. The second kappa shape index (κ2) is 4.61. The maximum absolute atomic E-state index is 10.8. The summed E-state index contributed by atoms with van der Waals surface area (Å²) >= 11 is 0. The van der Waals surface area contributed by atoms with Gasteiger partial charge in [-0.15, -0.1) is 0 Å². The number of carbonyl (C=O) groups is 1. The van der Waals surface area contributed by atoms with Gasteiger partial charge in [-0.1, -0.05) is 22.4 Å². The second-order valence-corrected chi connectivity index (χ2v) is 4.10. The van der Waals surface area contributed by atoms with Gasteiger partial charge in [0.2, 0.25) is 5.82 Å². The van der Waals surface area contributed by atoms with Crippen molar-refractivity contribution < 1.29 is 18.9 Å². The van der Waals surface area contributed by atoms with Crippen LogP contribution in [-0.4, -0.2) is 26.4 Å². The molecule has 2 aromatic heterocycles. The van der Waals surface area contributed by atoms with Crippen molar-refractivity contribution in [3.8, 4) is 22.8 Å². The molecule has 20 heavy (non-hydrogen) atoms. The van der Waals surface area contributed by atoms with Crippen LogP contribution in [0.1, 0.15) is 16.1 Å². The summed E-state index contributed by atoms with van der Waals surface area (Å²) in [5, 5.41) is 16.3. The van der Waals surface area contributed by atoms with E-state index < -0.39 is 5.97 Å². The minimum absolute atomic E-state index is 0.201. The molecule has 7 heteroatoms. The minimum atomic E-state index is -0.981. The third-order valence-corrected chi connectivity index (χ3v) is 2.80. The Morgan fingerprint density at radius 3 is 2.55 bits per heavy atom. The molecule has 0 aliphatic rings. The average molecular weight is 271 g/mol. The Morgan fingerprint density at radius 2 is 1.95 bits per heavy atom. The lowest BCUT2D eigenvalue weighted by molar-refractivity contribution is 0.0697. The van der Waals surface area contributed by atoms with Crippen LogP contribution in [0.5, 0.6) is 0 Å². The summed E-state index contributed by atoms with van der Waals surface area (Å²) in [6.45, 7) is 1.74. The maximum atomic E-state index is 10.8. The zero-order valence-electron chi connectivity index (χ0n) is 10.4. The van der Waals surface area contributed by atoms with Crippen LogP contribution in [0.25, 0.3) is 22.8 Å². The molecule has 0 saturated carbocycles. The summed E-state index contributed by atoms with van der Waals surface area (Å²) < 4.78 is 10.1. The molecule has 7 nitrogen and oxygen atoms in total. The van der Waals surface area contributed by atoms with Crippen LogP contribution in [0, 0.1) is 6.92 Å². The van der Waals surface area contributed by atoms with E-state index in [2.05, 4.69) is 15.3 Å². The maximum Gasteiger partial charge on any atom is 0.335 e. The highest BCUT2D eigenvalue weighted by atomic mass is 16.5. The Hall–Kier alpha value is -2.96. The third-order valence-electron chi connectivity index (χ3n) is 2.80. The molecule has 2 heterocycles. The van der Waals surface area contributed by atoms with Gasteiger partial charge in [-0.25, -0.2) is 4.79 Å². The standard InChI is InChI=1S/C13H9N3O4/c1-7-10(6-14-19-7)12-15-11(16-20-12)8-2-4-9(5-3-8)13(17)18/h2-6H,1H3,(H,17,18). The quantitative estimate of drug-likeness (QED) is 0.780. The summed E-state index contributed by atoms with van der Waals surface area (Å²) in [6.07, 6.45) is 1.50. The van der Waals surface area contributed by atoms with Gasteiger partial charge >= 0.3 is 5.97 Å². The number of benzene rings is 1. The molecule has 0 aliphatic heterocycles. The molecule has 0 spiro atoms. The zero-order chi connectivity index (χ0) is 14.1.